The molecule has 23 heavy (non-hydrogen) atoms. The summed E-state index contributed by atoms with van der Waals surface area (Å²) in [5.74, 6) is 2.38. The molecule has 6 heteroatoms. The van der Waals surface area contributed by atoms with Crippen molar-refractivity contribution in [1.29, 1.82) is 0 Å². The molecule has 0 bridgehead atoms. The highest BCUT2D eigenvalue weighted by Gasteiger charge is 2.35. The monoisotopic (exact) mass is 315 g/mol. The minimum atomic E-state index is -0.0720. The Morgan fingerprint density at radius 3 is 2.74 bits per heavy atom. The van der Waals surface area contributed by atoms with Crippen molar-refractivity contribution in [2.24, 2.45) is 0 Å². The zero-order chi connectivity index (χ0) is 16.0. The van der Waals surface area contributed by atoms with E-state index in [2.05, 4.69) is 24.2 Å². The molecule has 0 aromatic carbocycles. The minimum Gasteiger partial charge on any atom is -0.361 e. The summed E-state index contributed by atoms with van der Waals surface area (Å²) in [6.07, 6.45) is 4.13. The lowest BCUT2D eigenvalue weighted by molar-refractivity contribution is 0.0720. The van der Waals surface area contributed by atoms with Gasteiger partial charge in [0.2, 0.25) is 0 Å². The third-order valence-electron chi connectivity index (χ3n) is 4.70. The molecule has 0 N–H and O–H groups in total. The Bertz CT molecular complexity index is 714. The third-order valence-corrected chi connectivity index (χ3v) is 4.70. The van der Waals surface area contributed by atoms with Crippen molar-refractivity contribution in [1.82, 2.24) is 15.2 Å². The third kappa shape index (κ3) is 2.66. The fourth-order valence-electron chi connectivity index (χ4n) is 3.15. The summed E-state index contributed by atoms with van der Waals surface area (Å²) in [5, 5.41) is 8.15. The van der Waals surface area contributed by atoms with Gasteiger partial charge in [0.05, 0.1) is 6.04 Å². The van der Waals surface area contributed by atoms with E-state index in [0.29, 0.717) is 17.5 Å². The first-order chi connectivity index (χ1) is 11.1. The molecule has 1 aliphatic carbocycles. The molecule has 0 unspecified atom stereocenters. The second-order valence-corrected chi connectivity index (χ2v) is 6.85. The maximum atomic E-state index is 12.8. The number of hydrogen-bond acceptors (Lipinski definition) is 5. The summed E-state index contributed by atoms with van der Waals surface area (Å²) in [6, 6.07) is 3.75. The van der Waals surface area contributed by atoms with Crippen LogP contribution in [0.4, 0.5) is 0 Å². The van der Waals surface area contributed by atoms with E-state index in [0.717, 1.165) is 49.4 Å². The molecular formula is C17H21N3O3. The van der Waals surface area contributed by atoms with Crippen molar-refractivity contribution in [3.63, 3.8) is 0 Å². The number of nitrogens with zero attached hydrogens (tertiary/aromatic N) is 3. The van der Waals surface area contributed by atoms with E-state index in [1.807, 2.05) is 11.0 Å². The molecule has 1 saturated heterocycles. The van der Waals surface area contributed by atoms with Crippen molar-refractivity contribution < 1.29 is 13.8 Å². The molecule has 4 rings (SSSR count). The first-order valence-electron chi connectivity index (χ1n) is 8.37. The van der Waals surface area contributed by atoms with Gasteiger partial charge in [0.25, 0.3) is 5.91 Å². The van der Waals surface area contributed by atoms with Gasteiger partial charge in [0.1, 0.15) is 17.2 Å². The summed E-state index contributed by atoms with van der Waals surface area (Å²) >= 11 is 0. The fourth-order valence-corrected chi connectivity index (χ4v) is 3.15. The van der Waals surface area contributed by atoms with Crippen LogP contribution in [0, 0.1) is 0 Å². The molecule has 0 spiro atoms. The summed E-state index contributed by atoms with van der Waals surface area (Å²) in [7, 11) is 0. The highest BCUT2D eigenvalue weighted by molar-refractivity contribution is 5.92. The maximum absolute atomic E-state index is 12.8. The number of amides is 1. The van der Waals surface area contributed by atoms with E-state index in [-0.39, 0.29) is 11.9 Å². The average Bonchev–Trinajstić information content (AvgIpc) is 3.02. The largest absolute Gasteiger partial charge is 0.361 e. The highest BCUT2D eigenvalue weighted by atomic mass is 16.5. The van der Waals surface area contributed by atoms with Gasteiger partial charge < -0.3 is 13.9 Å². The van der Waals surface area contributed by atoms with E-state index in [1.165, 1.54) is 0 Å². The molecule has 122 valence electrons. The lowest BCUT2D eigenvalue weighted by Gasteiger charge is -2.21. The average molecular weight is 315 g/mol. The Morgan fingerprint density at radius 2 is 2.04 bits per heavy atom. The second kappa shape index (κ2) is 5.51. The number of carbonyl (C=O) groups excluding carboxylic acids is 1. The standard InChI is InChI=1S/C17H21N3O3/c1-10(2)15-8-12(18-22-15)14-4-3-7-20(14)17(21)13-9-16(23-19-13)11-5-6-11/h8-11,14H,3-7H2,1-2H3/t14-/m0/s1. The molecular weight excluding hydrogens is 294 g/mol. The van der Waals surface area contributed by atoms with Crippen LogP contribution in [0.25, 0.3) is 0 Å². The molecule has 2 fully saturated rings. The van der Waals surface area contributed by atoms with Crippen LogP contribution in [0.3, 0.4) is 0 Å². The van der Waals surface area contributed by atoms with Gasteiger partial charge in [-0.3, -0.25) is 4.79 Å². The van der Waals surface area contributed by atoms with Crippen LogP contribution in [0.5, 0.6) is 0 Å². The van der Waals surface area contributed by atoms with Crippen LogP contribution in [-0.4, -0.2) is 27.7 Å². The van der Waals surface area contributed by atoms with Gasteiger partial charge >= 0.3 is 0 Å². The van der Waals surface area contributed by atoms with Gasteiger partial charge in [-0.25, -0.2) is 0 Å². The van der Waals surface area contributed by atoms with Crippen molar-refractivity contribution in [3.8, 4) is 0 Å². The zero-order valence-electron chi connectivity index (χ0n) is 13.5. The Balaban J connectivity index is 1.54. The lowest BCUT2D eigenvalue weighted by Crippen LogP contribution is -2.30. The fraction of sp³-hybridized carbons (Fsp3) is 0.588. The summed E-state index contributed by atoms with van der Waals surface area (Å²) in [4.78, 5) is 14.6. The SMILES string of the molecule is CC(C)c1cc([C@@H]2CCCN2C(=O)c2cc(C3CC3)on2)no1. The lowest BCUT2D eigenvalue weighted by atomic mass is 10.1. The van der Waals surface area contributed by atoms with Gasteiger partial charge in [-0.1, -0.05) is 24.2 Å². The van der Waals surface area contributed by atoms with Gasteiger partial charge in [0.15, 0.2) is 5.69 Å². The van der Waals surface area contributed by atoms with E-state index < -0.39 is 0 Å². The molecule has 1 saturated carbocycles. The first kappa shape index (κ1) is 14.5. The second-order valence-electron chi connectivity index (χ2n) is 6.85. The molecule has 2 aromatic rings. The van der Waals surface area contributed by atoms with E-state index >= 15 is 0 Å². The van der Waals surface area contributed by atoms with Crippen molar-refractivity contribution >= 4 is 5.91 Å². The van der Waals surface area contributed by atoms with Gasteiger partial charge in [-0.05, 0) is 25.7 Å². The quantitative estimate of drug-likeness (QED) is 0.861. The molecule has 0 radical (unpaired) electrons. The summed E-state index contributed by atoms with van der Waals surface area (Å²) < 4.78 is 10.7. The Morgan fingerprint density at radius 1 is 1.22 bits per heavy atom. The van der Waals surface area contributed by atoms with Gasteiger partial charge in [0, 0.05) is 30.5 Å². The predicted molar refractivity (Wildman–Crippen MR) is 82.1 cm³/mol. The molecule has 1 aliphatic heterocycles. The van der Waals surface area contributed by atoms with Crippen LogP contribution >= 0.6 is 0 Å². The minimum absolute atomic E-state index is 0.0279. The van der Waals surface area contributed by atoms with Crippen LogP contribution < -0.4 is 0 Å². The summed E-state index contributed by atoms with van der Waals surface area (Å²) in [6.45, 7) is 4.85. The van der Waals surface area contributed by atoms with Gasteiger partial charge in [-0.2, -0.15) is 0 Å². The van der Waals surface area contributed by atoms with Gasteiger partial charge in [-0.15, -0.1) is 0 Å². The Hall–Kier alpha value is -2.11. The molecule has 1 amide bonds. The summed E-state index contributed by atoms with van der Waals surface area (Å²) in [5.41, 5.74) is 1.25. The predicted octanol–water partition coefficient (Wildman–Crippen LogP) is 3.64. The van der Waals surface area contributed by atoms with E-state index in [4.69, 9.17) is 9.05 Å². The molecule has 2 aromatic heterocycles. The number of rotatable bonds is 4. The van der Waals surface area contributed by atoms with Crippen LogP contribution in [-0.2, 0) is 0 Å². The van der Waals surface area contributed by atoms with E-state index in [9.17, 15) is 4.79 Å². The number of aromatic nitrogens is 2. The van der Waals surface area contributed by atoms with Crippen LogP contribution in [0.1, 0.15) is 85.1 Å². The topological polar surface area (TPSA) is 72.4 Å². The smallest absolute Gasteiger partial charge is 0.276 e. The maximum Gasteiger partial charge on any atom is 0.276 e. The Labute approximate surface area is 134 Å². The van der Waals surface area contributed by atoms with Crippen molar-refractivity contribution in [2.75, 3.05) is 6.54 Å². The molecule has 6 nitrogen and oxygen atoms in total. The first-order valence-corrected chi connectivity index (χ1v) is 8.37. The Kier molecular flexibility index (Phi) is 3.47. The molecule has 3 heterocycles. The van der Waals surface area contributed by atoms with Crippen molar-refractivity contribution in [3.05, 3.63) is 35.0 Å². The van der Waals surface area contributed by atoms with E-state index in [1.54, 1.807) is 6.07 Å². The zero-order valence-corrected chi connectivity index (χ0v) is 13.5. The van der Waals surface area contributed by atoms with Crippen LogP contribution in [0.15, 0.2) is 21.2 Å². The number of likely N-dealkylation sites (tertiary alicyclic amines) is 1. The molecule has 1 atom stereocenters. The number of carbonyl (C=O) groups is 1. The van der Waals surface area contributed by atoms with Crippen molar-refractivity contribution in [2.45, 2.75) is 57.4 Å². The highest BCUT2D eigenvalue weighted by Crippen LogP contribution is 2.40. The van der Waals surface area contributed by atoms with Crippen LogP contribution in [0.2, 0.25) is 0 Å². The molecule has 2 aliphatic rings. The number of hydrogen-bond donors (Lipinski definition) is 0. The normalized spacial score (nSPS) is 21.3.